The molecule has 2 spiro atoms. The van der Waals surface area contributed by atoms with Crippen LogP contribution in [0.3, 0.4) is 0 Å². The van der Waals surface area contributed by atoms with Crippen molar-refractivity contribution >= 4 is 11.8 Å². The molecule has 18 heavy (non-hydrogen) atoms. The first-order valence-electron chi connectivity index (χ1n) is 7.59. The van der Waals surface area contributed by atoms with Crippen molar-refractivity contribution < 1.29 is 9.59 Å². The first kappa shape index (κ1) is 11.0. The van der Waals surface area contributed by atoms with Gasteiger partial charge in [0.2, 0.25) is 11.8 Å². The van der Waals surface area contributed by atoms with Crippen molar-refractivity contribution in [2.24, 2.45) is 10.8 Å². The summed E-state index contributed by atoms with van der Waals surface area (Å²) in [6.45, 7) is 0. The van der Waals surface area contributed by atoms with Crippen molar-refractivity contribution in [3.63, 3.8) is 0 Å². The Morgan fingerprint density at radius 1 is 0.833 bits per heavy atom. The summed E-state index contributed by atoms with van der Waals surface area (Å²) in [6.07, 6.45) is 11.0. The highest BCUT2D eigenvalue weighted by atomic mass is 16.2. The van der Waals surface area contributed by atoms with Crippen molar-refractivity contribution in [3.8, 4) is 0 Å². The molecule has 0 atom stereocenters. The molecular weight excluding hydrogens is 226 g/mol. The summed E-state index contributed by atoms with van der Waals surface area (Å²) < 4.78 is 0. The van der Waals surface area contributed by atoms with Crippen molar-refractivity contribution in [1.82, 2.24) is 4.90 Å². The summed E-state index contributed by atoms with van der Waals surface area (Å²) in [7, 11) is 0. The Bertz CT molecular complexity index is 402. The number of β-lactam (4-membered cyclic amide) rings is 2. The van der Waals surface area contributed by atoms with Crippen LogP contribution in [0.2, 0.25) is 0 Å². The molecule has 3 saturated carbocycles. The van der Waals surface area contributed by atoms with Gasteiger partial charge in [-0.3, -0.25) is 14.5 Å². The number of hydrogen-bond donors (Lipinski definition) is 0. The van der Waals surface area contributed by atoms with Crippen LogP contribution in [-0.2, 0) is 9.59 Å². The van der Waals surface area contributed by atoms with Crippen molar-refractivity contribution in [2.75, 3.05) is 0 Å². The summed E-state index contributed by atoms with van der Waals surface area (Å²) in [4.78, 5) is 27.0. The van der Waals surface area contributed by atoms with E-state index in [-0.39, 0.29) is 23.3 Å². The first-order valence-corrected chi connectivity index (χ1v) is 7.59. The lowest BCUT2D eigenvalue weighted by atomic mass is 9.66. The molecule has 0 unspecified atom stereocenters. The molecule has 98 valence electrons. The fourth-order valence-electron chi connectivity index (χ4n) is 4.88. The molecule has 2 amide bonds. The van der Waals surface area contributed by atoms with Gasteiger partial charge in [-0.15, -0.1) is 0 Å². The van der Waals surface area contributed by atoms with Gasteiger partial charge in [0.1, 0.15) is 5.41 Å². The van der Waals surface area contributed by atoms with E-state index in [0.29, 0.717) is 0 Å². The third-order valence-corrected chi connectivity index (χ3v) is 6.07. The number of likely N-dealkylation sites (tertiary alicyclic amines) is 1. The van der Waals surface area contributed by atoms with Crippen LogP contribution in [0.15, 0.2) is 0 Å². The molecule has 3 nitrogen and oxygen atoms in total. The topological polar surface area (TPSA) is 37.4 Å². The lowest BCUT2D eigenvalue weighted by Gasteiger charge is -2.51. The van der Waals surface area contributed by atoms with Gasteiger partial charge in [-0.1, -0.05) is 25.7 Å². The second-order valence-electron chi connectivity index (χ2n) is 6.81. The van der Waals surface area contributed by atoms with E-state index in [9.17, 15) is 9.59 Å². The second-order valence-corrected chi connectivity index (χ2v) is 6.81. The van der Waals surface area contributed by atoms with E-state index in [2.05, 4.69) is 0 Å². The predicted octanol–water partition coefficient (Wildman–Crippen LogP) is 2.64. The predicted molar refractivity (Wildman–Crippen MR) is 66.7 cm³/mol. The minimum Gasteiger partial charge on any atom is -0.278 e. The second kappa shape index (κ2) is 3.37. The molecule has 1 saturated heterocycles. The molecule has 1 aliphatic heterocycles. The van der Waals surface area contributed by atoms with Crippen LogP contribution in [0.1, 0.15) is 64.2 Å². The maximum absolute atomic E-state index is 12.7. The summed E-state index contributed by atoms with van der Waals surface area (Å²) in [5.41, 5.74) is -0.420. The molecule has 3 heteroatoms. The molecule has 4 rings (SSSR count). The van der Waals surface area contributed by atoms with Crippen molar-refractivity contribution in [3.05, 3.63) is 0 Å². The Balaban J connectivity index is 1.60. The summed E-state index contributed by atoms with van der Waals surface area (Å²) in [5.74, 6) is 0.406. The highest BCUT2D eigenvalue weighted by Gasteiger charge is 2.77. The van der Waals surface area contributed by atoms with Gasteiger partial charge in [0, 0.05) is 6.04 Å². The Morgan fingerprint density at radius 3 is 2.11 bits per heavy atom. The number of carbonyl (C=O) groups excluding carboxylic acids is 2. The Hall–Kier alpha value is -0.860. The SMILES string of the molecule is O=C1N(C2CCCCC2)C(=O)C12CCCC21CC1. The van der Waals surface area contributed by atoms with Crippen LogP contribution in [-0.4, -0.2) is 22.8 Å². The van der Waals surface area contributed by atoms with Crippen LogP contribution < -0.4 is 0 Å². The van der Waals surface area contributed by atoms with Crippen LogP contribution >= 0.6 is 0 Å². The van der Waals surface area contributed by atoms with Gasteiger partial charge in [0.15, 0.2) is 0 Å². The molecule has 4 fully saturated rings. The number of fused-ring (bicyclic) bond motifs is 1. The average molecular weight is 247 g/mol. The first-order chi connectivity index (χ1) is 8.71. The molecular formula is C15H21NO2. The third kappa shape index (κ3) is 1.07. The van der Waals surface area contributed by atoms with Gasteiger partial charge in [-0.25, -0.2) is 0 Å². The molecule has 0 aromatic rings. The zero-order chi connectivity index (χ0) is 12.4. The third-order valence-electron chi connectivity index (χ3n) is 6.07. The molecule has 0 aromatic heterocycles. The normalized spacial score (nSPS) is 33.2. The highest BCUT2D eigenvalue weighted by molar-refractivity contribution is 6.23. The summed E-state index contributed by atoms with van der Waals surface area (Å²) in [6, 6.07) is 0.237. The van der Waals surface area contributed by atoms with Gasteiger partial charge in [0.05, 0.1) is 0 Å². The number of rotatable bonds is 1. The molecule has 0 radical (unpaired) electrons. The van der Waals surface area contributed by atoms with E-state index in [4.69, 9.17) is 0 Å². The number of amides is 2. The minimum absolute atomic E-state index is 0.117. The summed E-state index contributed by atoms with van der Waals surface area (Å²) in [5, 5.41) is 0. The zero-order valence-corrected chi connectivity index (χ0v) is 10.9. The Labute approximate surface area is 108 Å². The van der Waals surface area contributed by atoms with Crippen molar-refractivity contribution in [2.45, 2.75) is 70.3 Å². The van der Waals surface area contributed by atoms with E-state index in [0.717, 1.165) is 44.9 Å². The number of carbonyl (C=O) groups is 2. The Morgan fingerprint density at radius 2 is 1.50 bits per heavy atom. The van der Waals surface area contributed by atoms with E-state index in [1.54, 1.807) is 4.90 Å². The fraction of sp³-hybridized carbons (Fsp3) is 0.867. The van der Waals surface area contributed by atoms with Crippen molar-refractivity contribution in [1.29, 1.82) is 0 Å². The van der Waals surface area contributed by atoms with E-state index in [1.165, 1.54) is 19.3 Å². The molecule has 4 aliphatic rings. The Kier molecular flexibility index (Phi) is 2.06. The number of hydrogen-bond acceptors (Lipinski definition) is 2. The number of imide groups is 1. The van der Waals surface area contributed by atoms with Crippen LogP contribution in [0.25, 0.3) is 0 Å². The summed E-state index contributed by atoms with van der Waals surface area (Å²) >= 11 is 0. The van der Waals surface area contributed by atoms with Gasteiger partial charge in [0.25, 0.3) is 0 Å². The van der Waals surface area contributed by atoms with E-state index >= 15 is 0 Å². The lowest BCUT2D eigenvalue weighted by Crippen LogP contribution is -2.70. The van der Waals surface area contributed by atoms with Crippen LogP contribution in [0.4, 0.5) is 0 Å². The highest BCUT2D eigenvalue weighted by Crippen LogP contribution is 2.71. The standard InChI is InChI=1S/C15H21NO2/c17-12-15(8-4-7-14(15)9-10-14)13(18)16(12)11-5-2-1-3-6-11/h11H,1-10H2. The maximum Gasteiger partial charge on any atom is 0.245 e. The average Bonchev–Trinajstić information content (AvgIpc) is 3.04. The largest absolute Gasteiger partial charge is 0.278 e. The molecule has 0 aromatic carbocycles. The minimum atomic E-state index is -0.537. The number of nitrogens with zero attached hydrogens (tertiary/aromatic N) is 1. The monoisotopic (exact) mass is 247 g/mol. The van der Waals surface area contributed by atoms with E-state index in [1.807, 2.05) is 0 Å². The molecule has 0 N–H and O–H groups in total. The van der Waals surface area contributed by atoms with Crippen LogP contribution in [0.5, 0.6) is 0 Å². The molecule has 0 bridgehead atoms. The molecule has 3 aliphatic carbocycles. The zero-order valence-electron chi connectivity index (χ0n) is 10.9. The molecule has 1 heterocycles. The lowest BCUT2D eigenvalue weighted by molar-refractivity contribution is -0.186. The van der Waals surface area contributed by atoms with Gasteiger partial charge < -0.3 is 0 Å². The quantitative estimate of drug-likeness (QED) is 0.527. The van der Waals surface area contributed by atoms with E-state index < -0.39 is 5.41 Å². The van der Waals surface area contributed by atoms with Gasteiger partial charge in [-0.2, -0.15) is 0 Å². The van der Waals surface area contributed by atoms with Crippen LogP contribution in [0, 0.1) is 10.8 Å². The maximum atomic E-state index is 12.7. The van der Waals surface area contributed by atoms with Gasteiger partial charge in [-0.05, 0) is 43.9 Å². The fourth-order valence-corrected chi connectivity index (χ4v) is 4.88. The smallest absolute Gasteiger partial charge is 0.245 e. The van der Waals surface area contributed by atoms with Gasteiger partial charge >= 0.3 is 0 Å².